The second-order valence-electron chi connectivity index (χ2n) is 4.88. The van der Waals surface area contributed by atoms with Crippen LogP contribution in [0.4, 0.5) is 11.4 Å². The van der Waals surface area contributed by atoms with Crippen molar-refractivity contribution in [2.75, 3.05) is 31.2 Å². The molecule has 3 rings (SSSR count). The Morgan fingerprint density at radius 1 is 1.18 bits per heavy atom. The van der Waals surface area contributed by atoms with E-state index in [1.165, 1.54) is 12.1 Å². The summed E-state index contributed by atoms with van der Waals surface area (Å²) < 4.78 is 10.6. The third-order valence-electron chi connectivity index (χ3n) is 3.56. The van der Waals surface area contributed by atoms with Crippen molar-refractivity contribution in [1.82, 2.24) is 0 Å². The first-order valence-electron chi connectivity index (χ1n) is 6.85. The van der Waals surface area contributed by atoms with Crippen molar-refractivity contribution in [2.45, 2.75) is 0 Å². The first-order valence-corrected chi connectivity index (χ1v) is 6.85. The van der Waals surface area contributed by atoms with Gasteiger partial charge in [0.1, 0.15) is 5.76 Å². The number of aldehydes is 1. The van der Waals surface area contributed by atoms with Crippen LogP contribution in [0.5, 0.6) is 0 Å². The van der Waals surface area contributed by atoms with E-state index in [9.17, 15) is 14.9 Å². The normalized spacial score (nSPS) is 14.8. The average molecular weight is 302 g/mol. The van der Waals surface area contributed by atoms with Crippen LogP contribution in [0, 0.1) is 10.1 Å². The number of hydrogen-bond acceptors (Lipinski definition) is 6. The molecule has 114 valence electrons. The lowest BCUT2D eigenvalue weighted by molar-refractivity contribution is -0.384. The van der Waals surface area contributed by atoms with Gasteiger partial charge in [-0.15, -0.1) is 0 Å². The highest BCUT2D eigenvalue weighted by Crippen LogP contribution is 2.34. The van der Waals surface area contributed by atoms with Gasteiger partial charge in [-0.25, -0.2) is 0 Å². The number of nitrogens with zero attached hydrogens (tertiary/aromatic N) is 2. The van der Waals surface area contributed by atoms with Crippen LogP contribution >= 0.6 is 0 Å². The minimum Gasteiger partial charge on any atom is -0.453 e. The molecular formula is C15H14N2O5. The molecule has 0 unspecified atom stereocenters. The lowest BCUT2D eigenvalue weighted by atomic mass is 10.1. The molecule has 0 amide bonds. The van der Waals surface area contributed by atoms with Gasteiger partial charge in [-0.1, -0.05) is 0 Å². The zero-order valence-electron chi connectivity index (χ0n) is 11.7. The van der Waals surface area contributed by atoms with Crippen LogP contribution in [0.25, 0.3) is 11.3 Å². The maximum Gasteiger partial charge on any atom is 0.280 e. The van der Waals surface area contributed by atoms with Crippen LogP contribution in [0.2, 0.25) is 0 Å². The highest BCUT2D eigenvalue weighted by molar-refractivity contribution is 5.77. The number of benzene rings is 1. The van der Waals surface area contributed by atoms with Gasteiger partial charge in [-0.3, -0.25) is 14.9 Å². The van der Waals surface area contributed by atoms with Gasteiger partial charge in [-0.05, 0) is 24.3 Å². The number of ether oxygens (including phenoxy) is 1. The Bertz CT molecular complexity index is 704. The zero-order chi connectivity index (χ0) is 15.5. The maximum absolute atomic E-state index is 11.2. The number of morpholine rings is 1. The summed E-state index contributed by atoms with van der Waals surface area (Å²) >= 11 is 0. The number of rotatable bonds is 4. The minimum absolute atomic E-state index is 0.0520. The SMILES string of the molecule is O=Cc1ccc(-c2cc(N3CCOCC3)ccc2[N+](=O)[O-])o1. The summed E-state index contributed by atoms with van der Waals surface area (Å²) in [5.41, 5.74) is 1.18. The van der Waals surface area contributed by atoms with Gasteiger partial charge in [0.2, 0.25) is 0 Å². The lowest BCUT2D eigenvalue weighted by Gasteiger charge is -2.29. The van der Waals surface area contributed by atoms with E-state index in [-0.39, 0.29) is 11.4 Å². The standard InChI is InChI=1S/C15H14N2O5/c18-10-12-2-4-15(22-12)13-9-11(1-3-14(13)17(19)20)16-5-7-21-8-6-16/h1-4,9-10H,5-8H2. The summed E-state index contributed by atoms with van der Waals surface area (Å²) in [6, 6.07) is 7.96. The Morgan fingerprint density at radius 3 is 2.59 bits per heavy atom. The molecule has 7 nitrogen and oxygen atoms in total. The molecule has 1 fully saturated rings. The number of furan rings is 1. The van der Waals surface area contributed by atoms with Gasteiger partial charge in [0.25, 0.3) is 5.69 Å². The summed E-state index contributed by atoms with van der Waals surface area (Å²) in [6.07, 6.45) is 0.571. The molecule has 0 bridgehead atoms. The van der Waals surface area contributed by atoms with E-state index in [0.29, 0.717) is 30.8 Å². The molecule has 0 atom stereocenters. The molecule has 2 aromatic rings. The molecule has 0 aliphatic carbocycles. The lowest BCUT2D eigenvalue weighted by Crippen LogP contribution is -2.36. The first kappa shape index (κ1) is 14.3. The van der Waals surface area contributed by atoms with E-state index >= 15 is 0 Å². The summed E-state index contributed by atoms with van der Waals surface area (Å²) in [6.45, 7) is 2.72. The van der Waals surface area contributed by atoms with Crippen LogP contribution < -0.4 is 4.90 Å². The van der Waals surface area contributed by atoms with Crippen molar-refractivity contribution in [2.24, 2.45) is 0 Å². The molecule has 1 aromatic heterocycles. The molecule has 0 N–H and O–H groups in total. The Balaban J connectivity index is 2.03. The van der Waals surface area contributed by atoms with Crippen molar-refractivity contribution in [3.8, 4) is 11.3 Å². The fourth-order valence-corrected chi connectivity index (χ4v) is 2.46. The predicted molar refractivity (Wildman–Crippen MR) is 79.2 cm³/mol. The van der Waals surface area contributed by atoms with Gasteiger partial charge in [0.05, 0.1) is 23.7 Å². The number of nitro benzene ring substituents is 1. The largest absolute Gasteiger partial charge is 0.453 e. The first-order chi connectivity index (χ1) is 10.7. The molecule has 1 aliphatic heterocycles. The second kappa shape index (κ2) is 5.98. The molecule has 0 radical (unpaired) electrons. The van der Waals surface area contributed by atoms with E-state index in [1.807, 2.05) is 0 Å². The predicted octanol–water partition coefficient (Wildman–Crippen LogP) is 2.50. The molecule has 1 aliphatic rings. The number of carbonyl (C=O) groups excluding carboxylic acids is 1. The fourth-order valence-electron chi connectivity index (χ4n) is 2.46. The van der Waals surface area contributed by atoms with E-state index in [2.05, 4.69) is 4.90 Å². The van der Waals surface area contributed by atoms with Crippen LogP contribution in [0.3, 0.4) is 0 Å². The smallest absolute Gasteiger partial charge is 0.280 e. The fraction of sp³-hybridized carbons (Fsp3) is 0.267. The van der Waals surface area contributed by atoms with Crippen LogP contribution in [-0.2, 0) is 4.74 Å². The quantitative estimate of drug-likeness (QED) is 0.490. The summed E-state index contributed by atoms with van der Waals surface area (Å²) in [5.74, 6) is 0.449. The highest BCUT2D eigenvalue weighted by atomic mass is 16.6. The highest BCUT2D eigenvalue weighted by Gasteiger charge is 2.21. The van der Waals surface area contributed by atoms with Gasteiger partial charge < -0.3 is 14.1 Å². The van der Waals surface area contributed by atoms with Crippen molar-refractivity contribution in [1.29, 1.82) is 0 Å². The molecule has 0 spiro atoms. The number of carbonyl (C=O) groups is 1. The molecular weight excluding hydrogens is 288 g/mol. The van der Waals surface area contributed by atoms with Gasteiger partial charge in [0, 0.05) is 24.8 Å². The zero-order valence-corrected chi connectivity index (χ0v) is 11.7. The van der Waals surface area contributed by atoms with E-state index in [1.54, 1.807) is 18.2 Å². The Labute approximate surface area is 126 Å². The van der Waals surface area contributed by atoms with Crippen LogP contribution in [0.1, 0.15) is 10.6 Å². The third-order valence-corrected chi connectivity index (χ3v) is 3.56. The van der Waals surface area contributed by atoms with Gasteiger partial charge >= 0.3 is 0 Å². The monoisotopic (exact) mass is 302 g/mol. The minimum atomic E-state index is -0.457. The number of anilines is 1. The van der Waals surface area contributed by atoms with Gasteiger partial charge in [-0.2, -0.15) is 0 Å². The number of nitro groups is 1. The summed E-state index contributed by atoms with van der Waals surface area (Å²) in [4.78, 5) is 23.6. The topological polar surface area (TPSA) is 85.8 Å². The summed E-state index contributed by atoms with van der Waals surface area (Å²) in [7, 11) is 0. The maximum atomic E-state index is 11.2. The number of hydrogen-bond donors (Lipinski definition) is 0. The second-order valence-corrected chi connectivity index (χ2v) is 4.88. The van der Waals surface area contributed by atoms with Crippen LogP contribution in [0.15, 0.2) is 34.7 Å². The molecule has 1 aromatic carbocycles. The molecule has 22 heavy (non-hydrogen) atoms. The molecule has 1 saturated heterocycles. The van der Waals surface area contributed by atoms with Crippen molar-refractivity contribution in [3.63, 3.8) is 0 Å². The molecule has 7 heteroatoms. The van der Waals surface area contributed by atoms with Crippen molar-refractivity contribution < 1.29 is 18.9 Å². The summed E-state index contributed by atoms with van der Waals surface area (Å²) in [5, 5.41) is 11.2. The van der Waals surface area contributed by atoms with E-state index in [4.69, 9.17) is 9.15 Å². The van der Waals surface area contributed by atoms with E-state index < -0.39 is 4.92 Å². The average Bonchev–Trinajstić information content (AvgIpc) is 3.04. The van der Waals surface area contributed by atoms with Gasteiger partial charge in [0.15, 0.2) is 12.0 Å². The third kappa shape index (κ3) is 2.71. The Morgan fingerprint density at radius 2 is 1.95 bits per heavy atom. The van der Waals surface area contributed by atoms with Crippen molar-refractivity contribution in [3.05, 3.63) is 46.2 Å². The molecule has 2 heterocycles. The molecule has 0 saturated carbocycles. The Kier molecular flexibility index (Phi) is 3.88. The van der Waals surface area contributed by atoms with E-state index in [0.717, 1.165) is 18.8 Å². The Hall–Kier alpha value is -2.67. The van der Waals surface area contributed by atoms with Crippen molar-refractivity contribution >= 4 is 17.7 Å². The van der Waals surface area contributed by atoms with Crippen LogP contribution in [-0.4, -0.2) is 37.5 Å².